The normalized spacial score (nSPS) is 31.3. The number of ether oxygens (including phenoxy) is 2. The molecule has 0 spiro atoms. The summed E-state index contributed by atoms with van der Waals surface area (Å²) in [6, 6.07) is 0.366. The van der Waals surface area contributed by atoms with Crippen LogP contribution in [0.1, 0.15) is 44.9 Å². The Morgan fingerprint density at radius 2 is 2.05 bits per heavy atom. The minimum absolute atomic E-state index is 0.0288. The molecule has 0 radical (unpaired) electrons. The van der Waals surface area contributed by atoms with E-state index in [1.165, 1.54) is 0 Å². The molecule has 2 aliphatic rings. The van der Waals surface area contributed by atoms with Crippen LogP contribution in [-0.4, -0.2) is 43.9 Å². The smallest absolute Gasteiger partial charge is 0.249 e. The van der Waals surface area contributed by atoms with Gasteiger partial charge >= 0.3 is 0 Å². The molecule has 110 valence electrons. The van der Waals surface area contributed by atoms with E-state index in [0.29, 0.717) is 31.9 Å². The number of carbonyl (C=O) groups excluding carboxylic acids is 1. The Morgan fingerprint density at radius 1 is 1.26 bits per heavy atom. The number of nitrogens with two attached hydrogens (primary N) is 1. The zero-order chi connectivity index (χ0) is 13.5. The molecule has 1 heterocycles. The molecule has 1 aliphatic carbocycles. The minimum atomic E-state index is -0.222. The number of rotatable bonds is 6. The standard InChI is InChI=1S/C14H26N2O3/c15-11-4-6-12(7-5-11)18-10-2-8-16-14(17)13-3-1-9-19-13/h11-13H,1-10,15H2,(H,16,17)/t11?,12?,13-/m0/s1. The lowest BCUT2D eigenvalue weighted by Gasteiger charge is -2.26. The lowest BCUT2D eigenvalue weighted by molar-refractivity contribution is -0.130. The van der Waals surface area contributed by atoms with Gasteiger partial charge in [0.2, 0.25) is 5.91 Å². The number of hydrogen-bond acceptors (Lipinski definition) is 4. The maximum Gasteiger partial charge on any atom is 0.249 e. The lowest BCUT2D eigenvalue weighted by Crippen LogP contribution is -2.35. The molecule has 1 aliphatic heterocycles. The van der Waals surface area contributed by atoms with E-state index in [1.54, 1.807) is 0 Å². The summed E-state index contributed by atoms with van der Waals surface area (Å²) >= 11 is 0. The van der Waals surface area contributed by atoms with Gasteiger partial charge in [-0.3, -0.25) is 4.79 Å². The summed E-state index contributed by atoms with van der Waals surface area (Å²) in [6.07, 6.45) is 7.14. The van der Waals surface area contributed by atoms with Gasteiger partial charge in [0.25, 0.3) is 0 Å². The SMILES string of the molecule is NC1CCC(OCCCNC(=O)[C@@H]2CCCO2)CC1. The predicted molar refractivity (Wildman–Crippen MR) is 72.8 cm³/mol. The van der Waals surface area contributed by atoms with Crippen molar-refractivity contribution < 1.29 is 14.3 Å². The molecule has 0 aromatic rings. The van der Waals surface area contributed by atoms with Gasteiger partial charge in [-0.25, -0.2) is 0 Å². The largest absolute Gasteiger partial charge is 0.378 e. The molecule has 3 N–H and O–H groups in total. The van der Waals surface area contributed by atoms with Crippen LogP contribution in [-0.2, 0) is 14.3 Å². The molecular formula is C14H26N2O3. The molecule has 5 nitrogen and oxygen atoms in total. The van der Waals surface area contributed by atoms with Crippen molar-refractivity contribution in [2.45, 2.75) is 63.2 Å². The molecule has 19 heavy (non-hydrogen) atoms. The first-order valence-electron chi connectivity index (χ1n) is 7.52. The maximum absolute atomic E-state index is 11.7. The maximum atomic E-state index is 11.7. The van der Waals surface area contributed by atoms with Gasteiger partial charge in [0.1, 0.15) is 6.10 Å². The van der Waals surface area contributed by atoms with Crippen LogP contribution in [0.15, 0.2) is 0 Å². The van der Waals surface area contributed by atoms with Gasteiger partial charge in [0, 0.05) is 25.8 Å². The summed E-state index contributed by atoms with van der Waals surface area (Å²) in [5.74, 6) is 0.0288. The quantitative estimate of drug-likeness (QED) is 0.705. The van der Waals surface area contributed by atoms with E-state index in [0.717, 1.165) is 44.9 Å². The van der Waals surface area contributed by atoms with E-state index in [1.807, 2.05) is 0 Å². The summed E-state index contributed by atoms with van der Waals surface area (Å²) < 4.78 is 11.1. The Labute approximate surface area is 115 Å². The van der Waals surface area contributed by atoms with E-state index in [9.17, 15) is 4.79 Å². The van der Waals surface area contributed by atoms with Crippen LogP contribution >= 0.6 is 0 Å². The van der Waals surface area contributed by atoms with Crippen LogP contribution in [0.2, 0.25) is 0 Å². The van der Waals surface area contributed by atoms with Crippen molar-refractivity contribution in [3.8, 4) is 0 Å². The van der Waals surface area contributed by atoms with Crippen LogP contribution in [0.3, 0.4) is 0 Å². The topological polar surface area (TPSA) is 73.6 Å². The summed E-state index contributed by atoms with van der Waals surface area (Å²) in [5, 5.41) is 2.91. The number of carbonyl (C=O) groups is 1. The van der Waals surface area contributed by atoms with Crippen molar-refractivity contribution in [3.63, 3.8) is 0 Å². The molecule has 1 saturated carbocycles. The zero-order valence-corrected chi connectivity index (χ0v) is 11.6. The van der Waals surface area contributed by atoms with Crippen LogP contribution in [0.25, 0.3) is 0 Å². The highest BCUT2D eigenvalue weighted by atomic mass is 16.5. The summed E-state index contributed by atoms with van der Waals surface area (Å²) in [6.45, 7) is 2.10. The van der Waals surface area contributed by atoms with E-state index in [4.69, 9.17) is 15.2 Å². The molecule has 1 amide bonds. The first-order valence-corrected chi connectivity index (χ1v) is 7.52. The van der Waals surface area contributed by atoms with Crippen LogP contribution < -0.4 is 11.1 Å². The molecule has 1 saturated heterocycles. The Hall–Kier alpha value is -0.650. The molecule has 0 bridgehead atoms. The minimum Gasteiger partial charge on any atom is -0.378 e. The van der Waals surface area contributed by atoms with Crippen molar-refractivity contribution in [2.75, 3.05) is 19.8 Å². The van der Waals surface area contributed by atoms with Crippen molar-refractivity contribution >= 4 is 5.91 Å². The molecule has 1 atom stereocenters. The second-order valence-electron chi connectivity index (χ2n) is 5.55. The molecule has 0 aromatic heterocycles. The third kappa shape index (κ3) is 5.09. The number of nitrogens with one attached hydrogen (secondary N) is 1. The van der Waals surface area contributed by atoms with Gasteiger partial charge in [-0.2, -0.15) is 0 Å². The average Bonchev–Trinajstić information content (AvgIpc) is 2.94. The fraction of sp³-hybridized carbons (Fsp3) is 0.929. The van der Waals surface area contributed by atoms with E-state index < -0.39 is 0 Å². The molecule has 5 heteroatoms. The Kier molecular flexibility index (Phi) is 6.07. The van der Waals surface area contributed by atoms with Crippen LogP contribution in [0.5, 0.6) is 0 Å². The molecular weight excluding hydrogens is 244 g/mol. The average molecular weight is 270 g/mol. The summed E-state index contributed by atoms with van der Waals surface area (Å²) in [4.78, 5) is 11.7. The second kappa shape index (κ2) is 7.82. The highest BCUT2D eigenvalue weighted by Gasteiger charge is 2.23. The fourth-order valence-electron chi connectivity index (χ4n) is 2.69. The third-order valence-corrected chi connectivity index (χ3v) is 3.91. The van der Waals surface area contributed by atoms with Crippen molar-refractivity contribution in [1.29, 1.82) is 0 Å². The Bertz CT molecular complexity index is 272. The van der Waals surface area contributed by atoms with Crippen molar-refractivity contribution in [1.82, 2.24) is 5.32 Å². The first-order chi connectivity index (χ1) is 9.25. The van der Waals surface area contributed by atoms with Gasteiger partial charge in [-0.15, -0.1) is 0 Å². The molecule has 2 rings (SSSR count). The molecule has 0 unspecified atom stereocenters. The zero-order valence-electron chi connectivity index (χ0n) is 11.6. The summed E-state index contributed by atoms with van der Waals surface area (Å²) in [5.41, 5.74) is 5.85. The molecule has 2 fully saturated rings. The predicted octanol–water partition coefficient (Wildman–Crippen LogP) is 0.958. The van der Waals surface area contributed by atoms with Crippen LogP contribution in [0, 0.1) is 0 Å². The van der Waals surface area contributed by atoms with Crippen molar-refractivity contribution in [3.05, 3.63) is 0 Å². The number of hydrogen-bond donors (Lipinski definition) is 2. The van der Waals surface area contributed by atoms with Gasteiger partial charge in [-0.1, -0.05) is 0 Å². The molecule has 0 aromatic carbocycles. The van der Waals surface area contributed by atoms with Gasteiger partial charge in [0.15, 0.2) is 0 Å². The van der Waals surface area contributed by atoms with Crippen LogP contribution in [0.4, 0.5) is 0 Å². The second-order valence-corrected chi connectivity index (χ2v) is 5.55. The first kappa shape index (κ1) is 14.8. The number of amides is 1. The van der Waals surface area contributed by atoms with E-state index >= 15 is 0 Å². The van der Waals surface area contributed by atoms with Crippen molar-refractivity contribution in [2.24, 2.45) is 5.73 Å². The van der Waals surface area contributed by atoms with E-state index in [2.05, 4.69) is 5.32 Å². The highest BCUT2D eigenvalue weighted by Crippen LogP contribution is 2.19. The Balaban J connectivity index is 1.46. The fourth-order valence-corrected chi connectivity index (χ4v) is 2.69. The van der Waals surface area contributed by atoms with E-state index in [-0.39, 0.29) is 12.0 Å². The summed E-state index contributed by atoms with van der Waals surface area (Å²) in [7, 11) is 0. The Morgan fingerprint density at radius 3 is 2.74 bits per heavy atom. The third-order valence-electron chi connectivity index (χ3n) is 3.91. The monoisotopic (exact) mass is 270 g/mol. The highest BCUT2D eigenvalue weighted by molar-refractivity contribution is 5.80. The van der Waals surface area contributed by atoms with Gasteiger partial charge in [0.05, 0.1) is 6.10 Å². The lowest BCUT2D eigenvalue weighted by atomic mass is 9.94. The van der Waals surface area contributed by atoms with Gasteiger partial charge < -0.3 is 20.5 Å². The van der Waals surface area contributed by atoms with Gasteiger partial charge in [-0.05, 0) is 44.9 Å².